The van der Waals surface area contributed by atoms with Crippen LogP contribution in [0.2, 0.25) is 0 Å². The van der Waals surface area contributed by atoms with Gasteiger partial charge in [-0.3, -0.25) is 4.79 Å². The molecule has 0 unspecified atom stereocenters. The summed E-state index contributed by atoms with van der Waals surface area (Å²) < 4.78 is 0. The average Bonchev–Trinajstić information content (AvgIpc) is 2.29. The van der Waals surface area contributed by atoms with E-state index in [1.165, 1.54) is 0 Å². The van der Waals surface area contributed by atoms with Crippen LogP contribution in [-0.4, -0.2) is 24.4 Å². The molecule has 0 atom stereocenters. The van der Waals surface area contributed by atoms with Gasteiger partial charge < -0.3 is 10.6 Å². The van der Waals surface area contributed by atoms with Crippen LogP contribution in [0.5, 0.6) is 0 Å². The largest absolute Gasteiger partial charge is 0.346 e. The Morgan fingerprint density at radius 3 is 2.27 bits per heavy atom. The fourth-order valence-electron chi connectivity index (χ4n) is 1.28. The van der Waals surface area contributed by atoms with Crippen molar-refractivity contribution in [2.75, 3.05) is 13.6 Å². The molecule has 0 aliphatic carbocycles. The number of nitrogens with zero attached hydrogens (tertiary/aromatic N) is 1. The molecule has 0 spiro atoms. The molecule has 1 aromatic rings. The summed E-state index contributed by atoms with van der Waals surface area (Å²) in [5.74, 6) is 0.151. The highest BCUT2D eigenvalue weighted by Gasteiger charge is 2.06. The molecule has 0 radical (unpaired) electrons. The number of hydrogen-bond acceptors (Lipinski definition) is 2. The van der Waals surface area contributed by atoms with Crippen LogP contribution in [0.4, 0.5) is 0 Å². The van der Waals surface area contributed by atoms with E-state index in [9.17, 15) is 4.79 Å². The van der Waals surface area contributed by atoms with Crippen LogP contribution < -0.4 is 5.73 Å². The molecule has 1 amide bonds. The van der Waals surface area contributed by atoms with Gasteiger partial charge in [-0.1, -0.05) is 24.3 Å². The number of carbonyl (C=O) groups is 1. The summed E-state index contributed by atoms with van der Waals surface area (Å²) in [6.45, 7) is 3.26. The maximum Gasteiger partial charge on any atom is 0.226 e. The number of benzene rings is 1. The molecule has 2 N–H and O–H groups in total. The molecule has 0 aromatic heterocycles. The first-order chi connectivity index (χ1) is 7.17. The molecule has 0 aliphatic heterocycles. The van der Waals surface area contributed by atoms with Crippen LogP contribution in [0, 0.1) is 0 Å². The first-order valence-electron chi connectivity index (χ1n) is 5.19. The Labute approximate surface area is 90.9 Å². The molecule has 15 heavy (non-hydrogen) atoms. The fraction of sp³-hybridized carbons (Fsp3) is 0.417. The molecule has 0 saturated carbocycles. The van der Waals surface area contributed by atoms with E-state index in [4.69, 9.17) is 5.73 Å². The van der Waals surface area contributed by atoms with Crippen LogP contribution in [0.15, 0.2) is 24.3 Å². The fourth-order valence-corrected chi connectivity index (χ4v) is 1.28. The molecule has 0 heterocycles. The summed E-state index contributed by atoms with van der Waals surface area (Å²) in [6, 6.07) is 7.86. The lowest BCUT2D eigenvalue weighted by molar-refractivity contribution is -0.128. The van der Waals surface area contributed by atoms with Crippen molar-refractivity contribution in [3.05, 3.63) is 35.4 Å². The molecule has 0 aliphatic rings. The first-order valence-corrected chi connectivity index (χ1v) is 5.19. The van der Waals surface area contributed by atoms with Gasteiger partial charge in [0.2, 0.25) is 5.91 Å². The highest BCUT2D eigenvalue weighted by Crippen LogP contribution is 2.05. The topological polar surface area (TPSA) is 46.3 Å². The van der Waals surface area contributed by atoms with Gasteiger partial charge in [-0.15, -0.1) is 0 Å². The van der Waals surface area contributed by atoms with Crippen LogP contribution >= 0.6 is 0 Å². The standard InChI is InChI=1S/C12H18N2O/c1-3-14(2)12(15)8-10-4-6-11(9-13)7-5-10/h4-7H,3,8-9,13H2,1-2H3. The first kappa shape index (κ1) is 11.7. The number of hydrogen-bond donors (Lipinski definition) is 1. The van der Waals surface area contributed by atoms with Crippen LogP contribution in [0.1, 0.15) is 18.1 Å². The van der Waals surface area contributed by atoms with E-state index in [-0.39, 0.29) is 5.91 Å². The highest BCUT2D eigenvalue weighted by atomic mass is 16.2. The van der Waals surface area contributed by atoms with Crippen molar-refractivity contribution in [1.29, 1.82) is 0 Å². The van der Waals surface area contributed by atoms with Crippen LogP contribution in [0.25, 0.3) is 0 Å². The second-order valence-corrected chi connectivity index (χ2v) is 3.61. The van der Waals surface area contributed by atoms with Crippen LogP contribution in [-0.2, 0) is 17.8 Å². The van der Waals surface area contributed by atoms with Crippen molar-refractivity contribution in [2.24, 2.45) is 5.73 Å². The minimum Gasteiger partial charge on any atom is -0.346 e. The number of carbonyl (C=O) groups excluding carboxylic acids is 1. The van der Waals surface area contributed by atoms with Gasteiger partial charge in [-0.05, 0) is 18.1 Å². The third-order valence-corrected chi connectivity index (χ3v) is 2.51. The second-order valence-electron chi connectivity index (χ2n) is 3.61. The predicted molar refractivity (Wildman–Crippen MR) is 61.3 cm³/mol. The Morgan fingerprint density at radius 1 is 1.27 bits per heavy atom. The lowest BCUT2D eigenvalue weighted by atomic mass is 10.1. The van der Waals surface area contributed by atoms with E-state index in [0.717, 1.165) is 17.7 Å². The zero-order valence-corrected chi connectivity index (χ0v) is 9.36. The Morgan fingerprint density at radius 2 is 1.80 bits per heavy atom. The molecule has 3 heteroatoms. The van der Waals surface area contributed by atoms with E-state index in [0.29, 0.717) is 13.0 Å². The predicted octanol–water partition coefficient (Wildman–Crippen LogP) is 1.17. The molecule has 0 fully saturated rings. The van der Waals surface area contributed by atoms with E-state index >= 15 is 0 Å². The maximum atomic E-state index is 11.6. The van der Waals surface area contributed by atoms with E-state index in [1.54, 1.807) is 4.90 Å². The SMILES string of the molecule is CCN(C)C(=O)Cc1ccc(CN)cc1. The van der Waals surface area contributed by atoms with Crippen molar-refractivity contribution in [3.63, 3.8) is 0 Å². The maximum absolute atomic E-state index is 11.6. The van der Waals surface area contributed by atoms with E-state index in [2.05, 4.69) is 0 Å². The Bertz CT molecular complexity index is 319. The smallest absolute Gasteiger partial charge is 0.226 e. The van der Waals surface area contributed by atoms with Crippen molar-refractivity contribution in [2.45, 2.75) is 19.9 Å². The molecule has 3 nitrogen and oxygen atoms in total. The van der Waals surface area contributed by atoms with Gasteiger partial charge in [0.15, 0.2) is 0 Å². The Balaban J connectivity index is 2.61. The summed E-state index contributed by atoms with van der Waals surface area (Å²) in [5.41, 5.74) is 7.63. The third kappa shape index (κ3) is 3.36. The molecular formula is C12H18N2O. The van der Waals surface area contributed by atoms with Crippen molar-refractivity contribution < 1.29 is 4.79 Å². The van der Waals surface area contributed by atoms with Gasteiger partial charge in [0.25, 0.3) is 0 Å². The molecule has 1 aromatic carbocycles. The molecule has 0 saturated heterocycles. The summed E-state index contributed by atoms with van der Waals surface area (Å²) >= 11 is 0. The third-order valence-electron chi connectivity index (χ3n) is 2.51. The number of nitrogens with two attached hydrogens (primary N) is 1. The van der Waals surface area contributed by atoms with Crippen LogP contribution in [0.3, 0.4) is 0 Å². The van der Waals surface area contributed by atoms with Gasteiger partial charge in [-0.25, -0.2) is 0 Å². The Hall–Kier alpha value is -1.35. The van der Waals surface area contributed by atoms with Crippen molar-refractivity contribution in [1.82, 2.24) is 4.90 Å². The van der Waals surface area contributed by atoms with Gasteiger partial charge in [-0.2, -0.15) is 0 Å². The molecular weight excluding hydrogens is 188 g/mol. The normalized spacial score (nSPS) is 10.1. The summed E-state index contributed by atoms with van der Waals surface area (Å²) in [5, 5.41) is 0. The van der Waals surface area contributed by atoms with Gasteiger partial charge in [0.05, 0.1) is 6.42 Å². The molecule has 82 valence electrons. The lowest BCUT2D eigenvalue weighted by Crippen LogP contribution is -2.27. The highest BCUT2D eigenvalue weighted by molar-refractivity contribution is 5.78. The quantitative estimate of drug-likeness (QED) is 0.803. The molecule has 0 bridgehead atoms. The van der Waals surface area contributed by atoms with Crippen molar-refractivity contribution in [3.8, 4) is 0 Å². The zero-order valence-electron chi connectivity index (χ0n) is 9.36. The summed E-state index contributed by atoms with van der Waals surface area (Å²) in [6.07, 6.45) is 0.467. The molecule has 1 rings (SSSR count). The monoisotopic (exact) mass is 206 g/mol. The average molecular weight is 206 g/mol. The van der Waals surface area contributed by atoms with E-state index < -0.39 is 0 Å². The second kappa shape index (κ2) is 5.51. The summed E-state index contributed by atoms with van der Waals surface area (Å²) in [7, 11) is 1.82. The summed E-state index contributed by atoms with van der Waals surface area (Å²) in [4.78, 5) is 13.3. The minimum atomic E-state index is 0.151. The van der Waals surface area contributed by atoms with Gasteiger partial charge >= 0.3 is 0 Å². The zero-order chi connectivity index (χ0) is 11.3. The number of rotatable bonds is 4. The lowest BCUT2D eigenvalue weighted by Gasteiger charge is -2.14. The Kier molecular flexibility index (Phi) is 4.31. The number of likely N-dealkylation sites (N-methyl/N-ethyl adjacent to an activating group) is 1. The van der Waals surface area contributed by atoms with Crippen molar-refractivity contribution >= 4 is 5.91 Å². The van der Waals surface area contributed by atoms with Gasteiger partial charge in [0, 0.05) is 20.1 Å². The minimum absolute atomic E-state index is 0.151. The van der Waals surface area contributed by atoms with Gasteiger partial charge in [0.1, 0.15) is 0 Å². The number of amides is 1. The van der Waals surface area contributed by atoms with E-state index in [1.807, 2.05) is 38.2 Å².